The predicted molar refractivity (Wildman–Crippen MR) is 83.3 cm³/mol. The summed E-state index contributed by atoms with van der Waals surface area (Å²) in [5.41, 5.74) is 3.35. The molecule has 0 saturated heterocycles. The van der Waals surface area contributed by atoms with E-state index < -0.39 is 0 Å². The number of rotatable bonds is 4. The molecule has 0 fully saturated rings. The van der Waals surface area contributed by atoms with Crippen LogP contribution in [0.1, 0.15) is 5.56 Å². The lowest BCUT2D eigenvalue weighted by molar-refractivity contribution is 0.616. The third-order valence-corrected chi connectivity index (χ3v) is 3.61. The van der Waals surface area contributed by atoms with E-state index in [0.717, 1.165) is 28.7 Å². The molecule has 3 nitrogen and oxygen atoms in total. The third-order valence-electron chi connectivity index (χ3n) is 3.11. The Labute approximate surface area is 126 Å². The Bertz CT molecular complexity index is 692. The summed E-state index contributed by atoms with van der Waals surface area (Å²) in [6.07, 6.45) is 6.65. The molecular weight excluding hydrogens is 314 g/mol. The molecule has 100 valence electrons. The van der Waals surface area contributed by atoms with Crippen molar-refractivity contribution in [3.63, 3.8) is 0 Å². The Hall–Kier alpha value is -1.94. The number of aromatic nitrogens is 3. The minimum absolute atomic E-state index is 0.861. The van der Waals surface area contributed by atoms with Crippen LogP contribution in [0.3, 0.4) is 0 Å². The van der Waals surface area contributed by atoms with Gasteiger partial charge in [-0.1, -0.05) is 34.1 Å². The average Bonchev–Trinajstić information content (AvgIpc) is 2.95. The monoisotopic (exact) mass is 327 g/mol. The highest BCUT2D eigenvalue weighted by Crippen LogP contribution is 2.21. The van der Waals surface area contributed by atoms with Crippen molar-refractivity contribution < 1.29 is 0 Å². The van der Waals surface area contributed by atoms with Gasteiger partial charge in [0.1, 0.15) is 0 Å². The van der Waals surface area contributed by atoms with Crippen LogP contribution in [-0.4, -0.2) is 14.8 Å². The van der Waals surface area contributed by atoms with Gasteiger partial charge in [0.15, 0.2) is 0 Å². The summed E-state index contributed by atoms with van der Waals surface area (Å²) in [4.78, 5) is 4.12. The quantitative estimate of drug-likeness (QED) is 0.726. The van der Waals surface area contributed by atoms with Crippen LogP contribution in [0.25, 0.3) is 11.3 Å². The van der Waals surface area contributed by atoms with Crippen molar-refractivity contribution in [3.8, 4) is 11.3 Å². The van der Waals surface area contributed by atoms with Crippen molar-refractivity contribution in [3.05, 3.63) is 71.1 Å². The number of pyridine rings is 1. The molecular formula is C16H14BrN3. The van der Waals surface area contributed by atoms with E-state index in [1.807, 2.05) is 41.3 Å². The number of aryl methyl sites for hydroxylation is 2. The van der Waals surface area contributed by atoms with Gasteiger partial charge in [0, 0.05) is 35.2 Å². The highest BCUT2D eigenvalue weighted by Gasteiger charge is 2.03. The highest BCUT2D eigenvalue weighted by atomic mass is 79.9. The lowest BCUT2D eigenvalue weighted by Crippen LogP contribution is -2.02. The van der Waals surface area contributed by atoms with Gasteiger partial charge in [0.05, 0.1) is 5.69 Å². The van der Waals surface area contributed by atoms with Gasteiger partial charge in [0.2, 0.25) is 0 Å². The molecule has 0 amide bonds. The van der Waals surface area contributed by atoms with Crippen LogP contribution in [0.15, 0.2) is 65.5 Å². The first-order valence-corrected chi connectivity index (χ1v) is 7.29. The number of nitrogens with zero attached hydrogens (tertiary/aromatic N) is 3. The fraction of sp³-hybridized carbons (Fsp3) is 0.125. The van der Waals surface area contributed by atoms with Crippen LogP contribution < -0.4 is 0 Å². The molecule has 0 aliphatic heterocycles. The van der Waals surface area contributed by atoms with E-state index in [-0.39, 0.29) is 0 Å². The fourth-order valence-corrected chi connectivity index (χ4v) is 2.48. The summed E-state index contributed by atoms with van der Waals surface area (Å²) in [6.45, 7) is 0.861. The zero-order valence-corrected chi connectivity index (χ0v) is 12.5. The summed E-state index contributed by atoms with van der Waals surface area (Å²) in [6, 6.07) is 14.3. The molecule has 3 aromatic rings. The maximum absolute atomic E-state index is 4.61. The second kappa shape index (κ2) is 6.01. The Morgan fingerprint density at radius 2 is 2.05 bits per heavy atom. The fourth-order valence-electron chi connectivity index (χ4n) is 2.08. The zero-order valence-electron chi connectivity index (χ0n) is 10.9. The van der Waals surface area contributed by atoms with Gasteiger partial charge in [-0.05, 0) is 36.2 Å². The van der Waals surface area contributed by atoms with E-state index in [2.05, 4.69) is 44.2 Å². The molecule has 0 saturated carbocycles. The molecule has 0 bridgehead atoms. The standard InChI is InChI=1S/C16H14BrN3/c17-15-5-1-4-14(11-15)16-7-10-20(19-16)9-6-13-3-2-8-18-12-13/h1-5,7-8,10-12H,6,9H2. The molecule has 0 atom stereocenters. The topological polar surface area (TPSA) is 30.7 Å². The summed E-state index contributed by atoms with van der Waals surface area (Å²) in [5, 5.41) is 4.61. The maximum atomic E-state index is 4.61. The van der Waals surface area contributed by atoms with Crippen LogP contribution in [-0.2, 0) is 13.0 Å². The van der Waals surface area contributed by atoms with E-state index in [1.54, 1.807) is 6.20 Å². The molecule has 20 heavy (non-hydrogen) atoms. The second-order valence-corrected chi connectivity index (χ2v) is 5.50. The third kappa shape index (κ3) is 3.14. The van der Waals surface area contributed by atoms with Crippen LogP contribution in [0.5, 0.6) is 0 Å². The largest absolute Gasteiger partial charge is 0.272 e. The average molecular weight is 328 g/mol. The molecule has 0 aliphatic carbocycles. The first kappa shape index (κ1) is 13.1. The second-order valence-electron chi connectivity index (χ2n) is 4.59. The van der Waals surface area contributed by atoms with E-state index in [4.69, 9.17) is 0 Å². The van der Waals surface area contributed by atoms with Gasteiger partial charge in [-0.25, -0.2) is 0 Å². The molecule has 0 aliphatic rings. The van der Waals surface area contributed by atoms with Crippen molar-refractivity contribution in [2.75, 3.05) is 0 Å². The molecule has 0 N–H and O–H groups in total. The predicted octanol–water partition coefficient (Wildman–Crippen LogP) is 3.95. The van der Waals surface area contributed by atoms with Crippen LogP contribution in [0, 0.1) is 0 Å². The van der Waals surface area contributed by atoms with Gasteiger partial charge in [-0.15, -0.1) is 0 Å². The van der Waals surface area contributed by atoms with Crippen LogP contribution in [0.2, 0.25) is 0 Å². The van der Waals surface area contributed by atoms with Crippen molar-refractivity contribution in [2.45, 2.75) is 13.0 Å². The Morgan fingerprint density at radius 1 is 1.10 bits per heavy atom. The van der Waals surface area contributed by atoms with Crippen molar-refractivity contribution in [1.82, 2.24) is 14.8 Å². The van der Waals surface area contributed by atoms with Crippen molar-refractivity contribution >= 4 is 15.9 Å². The highest BCUT2D eigenvalue weighted by molar-refractivity contribution is 9.10. The summed E-state index contributed by atoms with van der Waals surface area (Å²) < 4.78 is 3.04. The Balaban J connectivity index is 1.71. The Morgan fingerprint density at radius 3 is 2.85 bits per heavy atom. The minimum Gasteiger partial charge on any atom is -0.272 e. The number of halogens is 1. The van der Waals surface area contributed by atoms with Crippen LogP contribution in [0.4, 0.5) is 0 Å². The van der Waals surface area contributed by atoms with Crippen molar-refractivity contribution in [1.29, 1.82) is 0 Å². The van der Waals surface area contributed by atoms with E-state index >= 15 is 0 Å². The van der Waals surface area contributed by atoms with E-state index in [9.17, 15) is 0 Å². The Kier molecular flexibility index (Phi) is 3.92. The van der Waals surface area contributed by atoms with Gasteiger partial charge in [-0.3, -0.25) is 9.67 Å². The minimum atomic E-state index is 0.861. The van der Waals surface area contributed by atoms with E-state index in [0.29, 0.717) is 0 Å². The summed E-state index contributed by atoms with van der Waals surface area (Å²) in [7, 11) is 0. The molecule has 0 radical (unpaired) electrons. The smallest absolute Gasteiger partial charge is 0.0923 e. The number of hydrogen-bond donors (Lipinski definition) is 0. The summed E-state index contributed by atoms with van der Waals surface area (Å²) in [5.74, 6) is 0. The molecule has 4 heteroatoms. The molecule has 0 unspecified atom stereocenters. The lowest BCUT2D eigenvalue weighted by Gasteiger charge is -2.02. The molecule has 1 aromatic carbocycles. The van der Waals surface area contributed by atoms with Gasteiger partial charge < -0.3 is 0 Å². The summed E-state index contributed by atoms with van der Waals surface area (Å²) >= 11 is 3.49. The van der Waals surface area contributed by atoms with Gasteiger partial charge in [0.25, 0.3) is 0 Å². The maximum Gasteiger partial charge on any atom is 0.0923 e. The lowest BCUT2D eigenvalue weighted by atomic mass is 10.2. The first-order valence-electron chi connectivity index (χ1n) is 6.49. The number of hydrogen-bond acceptors (Lipinski definition) is 2. The van der Waals surface area contributed by atoms with Gasteiger partial charge in [-0.2, -0.15) is 5.10 Å². The molecule has 2 heterocycles. The number of benzene rings is 1. The van der Waals surface area contributed by atoms with E-state index in [1.165, 1.54) is 5.56 Å². The normalized spacial score (nSPS) is 10.7. The molecule has 3 rings (SSSR count). The molecule has 0 spiro atoms. The van der Waals surface area contributed by atoms with Crippen molar-refractivity contribution in [2.24, 2.45) is 0 Å². The van der Waals surface area contributed by atoms with Gasteiger partial charge >= 0.3 is 0 Å². The SMILES string of the molecule is Brc1cccc(-c2ccn(CCc3cccnc3)n2)c1. The zero-order chi connectivity index (χ0) is 13.8. The van der Waals surface area contributed by atoms with Crippen LogP contribution >= 0.6 is 15.9 Å². The molecule has 2 aromatic heterocycles. The first-order chi connectivity index (χ1) is 9.81.